The Hall–Kier alpha value is -1.13. The number of ether oxygens (including phenoxy) is 2. The van der Waals surface area contributed by atoms with Crippen LogP contribution in [0, 0.1) is 0 Å². The van der Waals surface area contributed by atoms with Crippen LogP contribution in [0.3, 0.4) is 0 Å². The third-order valence-electron chi connectivity index (χ3n) is 4.69. The summed E-state index contributed by atoms with van der Waals surface area (Å²) < 4.78 is 140. The van der Waals surface area contributed by atoms with Gasteiger partial charge in [-0.2, -0.15) is 35.1 Å². The van der Waals surface area contributed by atoms with Crippen molar-refractivity contribution in [3.05, 3.63) is 11.6 Å². The van der Waals surface area contributed by atoms with Crippen LogP contribution >= 0.6 is 0 Å². The molecule has 0 amide bonds. The summed E-state index contributed by atoms with van der Waals surface area (Å²) in [6.07, 6.45) is -0.469. The smallest absolute Gasteiger partial charge is 0.463 e. The molecule has 0 radical (unpaired) electrons. The van der Waals surface area contributed by atoms with Gasteiger partial charge in [-0.05, 0) is 72.3 Å². The van der Waals surface area contributed by atoms with Crippen molar-refractivity contribution < 1.29 is 66.5 Å². The van der Waals surface area contributed by atoms with Crippen LogP contribution < -0.4 is 0 Å². The lowest BCUT2D eigenvalue weighted by Gasteiger charge is -2.42. The first-order valence-electron chi connectivity index (χ1n) is 13.0. The Morgan fingerprint density at radius 2 is 1.10 bits per heavy atom. The summed E-state index contributed by atoms with van der Waals surface area (Å²) in [5.41, 5.74) is -2.57. The van der Waals surface area contributed by atoms with E-state index in [1.807, 2.05) is 58.9 Å². The van der Waals surface area contributed by atoms with E-state index in [0.717, 1.165) is 6.92 Å². The van der Waals surface area contributed by atoms with Crippen LogP contribution in [0.1, 0.15) is 20.3 Å². The van der Waals surface area contributed by atoms with E-state index in [1.54, 1.807) is 0 Å². The molecule has 0 heterocycles. The first-order valence-corrected chi connectivity index (χ1v) is 25.2. The van der Waals surface area contributed by atoms with Crippen molar-refractivity contribution in [2.75, 3.05) is 13.2 Å². The summed E-state index contributed by atoms with van der Waals surface area (Å²) in [4.78, 5) is 24.3. The van der Waals surface area contributed by atoms with Gasteiger partial charge < -0.3 is 21.8 Å². The molecule has 0 aromatic carbocycles. The van der Waals surface area contributed by atoms with Crippen LogP contribution in [0.4, 0.5) is 35.1 Å². The van der Waals surface area contributed by atoms with Gasteiger partial charge in [0.25, 0.3) is 0 Å². The topological polar surface area (TPSA) is 80.3 Å². The highest BCUT2D eigenvalue weighted by molar-refractivity contribution is 6.90. The maximum absolute atomic E-state index is 14.7. The summed E-state index contributed by atoms with van der Waals surface area (Å²) in [6.45, 7) is 16.5. The molecular weight excluding hydrogens is 653 g/mol. The third kappa shape index (κ3) is 11.8. The fourth-order valence-electron chi connectivity index (χ4n) is 3.36. The van der Waals surface area contributed by atoms with Gasteiger partial charge in [0.1, 0.15) is 5.57 Å². The van der Waals surface area contributed by atoms with Gasteiger partial charge in [-0.1, -0.05) is 0 Å². The number of halogens is 8. The Kier molecular flexibility index (Phi) is 13.5. The third-order valence-corrected chi connectivity index (χ3v) is 16.7. The molecule has 42 heavy (non-hydrogen) atoms. The number of esters is 2. The monoisotopic (exact) mass is 694 g/mol. The normalized spacial score (nSPS) is 15.1. The van der Waals surface area contributed by atoms with E-state index in [2.05, 4.69) is 4.74 Å². The van der Waals surface area contributed by atoms with Gasteiger partial charge in [-0.25, -0.2) is 9.59 Å². The van der Waals surface area contributed by atoms with Gasteiger partial charge in [-0.15, -0.1) is 0 Å². The summed E-state index contributed by atoms with van der Waals surface area (Å²) in [5.74, 6) is -29.4. The number of carbonyl (C=O) groups is 2. The van der Waals surface area contributed by atoms with Gasteiger partial charge in [0.15, 0.2) is 25.0 Å². The number of hydrogen-bond donors (Lipinski definition) is 0. The zero-order valence-electron chi connectivity index (χ0n) is 25.8. The van der Waals surface area contributed by atoms with E-state index in [1.165, 1.54) is 0 Å². The van der Waals surface area contributed by atoms with Crippen LogP contribution in [0.2, 0.25) is 65.0 Å². The molecule has 0 fully saturated rings. The van der Waals surface area contributed by atoms with Crippen molar-refractivity contribution in [2.45, 2.75) is 109 Å². The van der Waals surface area contributed by atoms with Crippen molar-refractivity contribution in [1.82, 2.24) is 0 Å². The maximum atomic E-state index is 14.7. The molecule has 19 heteroatoms. The lowest BCUT2D eigenvalue weighted by atomic mass is 9.93. The summed E-state index contributed by atoms with van der Waals surface area (Å²) in [5, 5.41) is 0. The molecule has 0 unspecified atom stereocenters. The predicted molar refractivity (Wildman–Crippen MR) is 150 cm³/mol. The van der Waals surface area contributed by atoms with E-state index >= 15 is 0 Å². The molecule has 0 aromatic heterocycles. The molecule has 0 bridgehead atoms. The maximum Gasteiger partial charge on any atom is 0.469 e. The highest BCUT2D eigenvalue weighted by Crippen LogP contribution is 2.54. The van der Waals surface area contributed by atoms with Crippen molar-refractivity contribution in [3.63, 3.8) is 0 Å². The van der Waals surface area contributed by atoms with E-state index in [-0.39, 0.29) is 12.5 Å². The molecule has 0 N–H and O–H groups in total. The second-order valence-electron chi connectivity index (χ2n) is 12.5. The van der Waals surface area contributed by atoms with Crippen LogP contribution in [-0.2, 0) is 31.4 Å². The lowest BCUT2D eigenvalue weighted by molar-refractivity contribution is -0.353. The van der Waals surface area contributed by atoms with Crippen molar-refractivity contribution in [1.29, 1.82) is 0 Å². The van der Waals surface area contributed by atoms with Gasteiger partial charge in [0, 0.05) is 19.0 Å². The van der Waals surface area contributed by atoms with Crippen LogP contribution in [0.25, 0.3) is 0 Å². The minimum Gasteiger partial charge on any atom is -0.463 e. The average molecular weight is 695 g/mol. The molecule has 0 saturated heterocycles. The minimum absolute atomic E-state index is 0.00728. The molecule has 0 aliphatic rings. The van der Waals surface area contributed by atoms with E-state index in [0.29, 0.717) is 0 Å². The van der Waals surface area contributed by atoms with Gasteiger partial charge in [0.05, 0.1) is 13.2 Å². The van der Waals surface area contributed by atoms with Crippen molar-refractivity contribution in [2.24, 2.45) is 0 Å². The Labute approximate surface area is 246 Å². The molecule has 0 saturated carbocycles. The molecule has 0 aliphatic carbocycles. The lowest BCUT2D eigenvalue weighted by Crippen LogP contribution is -2.62. The first-order chi connectivity index (χ1) is 18.3. The summed E-state index contributed by atoms with van der Waals surface area (Å²) in [6, 6.07) is 0.125. The molecule has 0 aliphatic heterocycles. The fourth-order valence-corrected chi connectivity index (χ4v) is 18.0. The van der Waals surface area contributed by atoms with E-state index < -0.39 is 101 Å². The predicted octanol–water partition coefficient (Wildman–Crippen LogP) is 7.46. The first kappa shape index (κ1) is 40.9. The molecule has 248 valence electrons. The highest BCUT2D eigenvalue weighted by Gasteiger charge is 2.80. The van der Waals surface area contributed by atoms with Crippen LogP contribution in [0.5, 0.6) is 0 Å². The Balaban J connectivity index is 6.21. The number of alkyl halides is 8. The molecule has 7 nitrogen and oxygen atoms in total. The zero-order valence-corrected chi connectivity index (χ0v) is 29.8. The van der Waals surface area contributed by atoms with Gasteiger partial charge >= 0.3 is 44.4 Å². The number of rotatable bonds is 17. The molecule has 0 rings (SSSR count). The summed E-state index contributed by atoms with van der Waals surface area (Å²) in [7, 11) is -10.2. The molecular formula is C23H42F8O7Si4. The largest absolute Gasteiger partial charge is 0.469 e. The number of carbonyl (C=O) groups excluding carboxylic acids is 2. The zero-order chi connectivity index (χ0) is 33.8. The number of hydrogen-bond acceptors (Lipinski definition) is 7. The average Bonchev–Trinajstić information content (AvgIpc) is 2.70. The SMILES string of the molecule is CCOC(=O)C(=CC(=O)OCCC[Si](O[Si](C)(C)C)(O[Si](C)(C)C)O[Si](C)(C)C)C(F)(F)C(F)(F)C(F)(F)C(C)(F)F. The minimum atomic E-state index is -6.81. The molecule has 0 aromatic rings. The molecule has 0 spiro atoms. The Bertz CT molecular complexity index is 929. The second kappa shape index (κ2) is 13.9. The highest BCUT2D eigenvalue weighted by atomic mass is 28.5. The quantitative estimate of drug-likeness (QED) is 0.0514. The van der Waals surface area contributed by atoms with Gasteiger partial charge in [0.2, 0.25) is 0 Å². The second-order valence-corrected chi connectivity index (χ2v) is 29.5. The Morgan fingerprint density at radius 3 is 1.43 bits per heavy atom. The molecule has 0 atom stereocenters. The van der Waals surface area contributed by atoms with Crippen LogP contribution in [-0.4, -0.2) is 82.6 Å². The standard InChI is InChI=1S/C23H42F8O7Si4/c1-12-34-19(33)17(21(26,27)23(30,31)22(28,29)20(2,24)25)16-18(32)35-14-13-15-42(36-39(3,4)5,37-40(6,7)8)38-41(9,10)11/h16H,12-15H2,1-11H3. The van der Waals surface area contributed by atoms with Gasteiger partial charge in [-0.3, -0.25) is 0 Å². The van der Waals surface area contributed by atoms with E-state index in [9.17, 15) is 44.7 Å². The van der Waals surface area contributed by atoms with Crippen LogP contribution in [0.15, 0.2) is 11.6 Å². The Morgan fingerprint density at radius 1 is 0.690 bits per heavy atom. The van der Waals surface area contributed by atoms with Crippen molar-refractivity contribution >= 4 is 45.7 Å². The van der Waals surface area contributed by atoms with Crippen molar-refractivity contribution in [3.8, 4) is 0 Å². The van der Waals surface area contributed by atoms with E-state index in [4.69, 9.17) is 17.1 Å². The summed E-state index contributed by atoms with van der Waals surface area (Å²) >= 11 is 0. The fraction of sp³-hybridized carbons (Fsp3) is 0.826.